The zero-order chi connectivity index (χ0) is 36.3. The first-order chi connectivity index (χ1) is 25.0. The van der Waals surface area contributed by atoms with E-state index >= 15 is 0 Å². The zero-order valence-electron chi connectivity index (χ0n) is 29.4. The molecule has 0 saturated carbocycles. The number of cyclic esters (lactones) is 1. The summed E-state index contributed by atoms with van der Waals surface area (Å²) in [4.78, 5) is 26.5. The molecule has 5 heterocycles. The number of fused-ring (bicyclic) bond motifs is 4. The zero-order valence-corrected chi connectivity index (χ0v) is 29.4. The van der Waals surface area contributed by atoms with Crippen molar-refractivity contribution in [2.45, 2.75) is 82.0 Å². The fraction of sp³-hybridized carbons (Fsp3) is 0.611. The Hall–Kier alpha value is -3.90. The van der Waals surface area contributed by atoms with Crippen molar-refractivity contribution < 1.29 is 76.3 Å². The first kappa shape index (κ1) is 35.1. The van der Waals surface area contributed by atoms with E-state index in [2.05, 4.69) is 0 Å². The first-order valence-corrected chi connectivity index (χ1v) is 17.3. The van der Waals surface area contributed by atoms with Gasteiger partial charge in [-0.3, -0.25) is 4.79 Å². The van der Waals surface area contributed by atoms with Gasteiger partial charge < -0.3 is 66.7 Å². The molecule has 0 spiro atoms. The number of methoxy groups -OCH3 is 2. The summed E-state index contributed by atoms with van der Waals surface area (Å²) >= 11 is 0. The molecule has 3 unspecified atom stereocenters. The molecule has 0 radical (unpaired) electrons. The quantitative estimate of drug-likeness (QED) is 0.309. The van der Waals surface area contributed by atoms with E-state index in [9.17, 15) is 14.7 Å². The lowest BCUT2D eigenvalue weighted by Gasteiger charge is -2.45. The van der Waals surface area contributed by atoms with E-state index in [1.54, 1.807) is 32.9 Å². The molecule has 2 aromatic rings. The lowest BCUT2D eigenvalue weighted by Crippen LogP contribution is -2.56. The molecule has 282 valence electrons. The van der Waals surface area contributed by atoms with E-state index in [1.807, 2.05) is 12.1 Å². The predicted octanol–water partition coefficient (Wildman–Crippen LogP) is 3.33. The number of esters is 1. The molecule has 16 heteroatoms. The molecule has 0 amide bonds. The third-order valence-electron chi connectivity index (χ3n) is 10.2. The molecule has 1 N–H and O–H groups in total. The summed E-state index contributed by atoms with van der Waals surface area (Å²) in [6, 6.07) is 7.08. The van der Waals surface area contributed by atoms with Crippen LogP contribution in [0.2, 0.25) is 0 Å². The van der Waals surface area contributed by atoms with Gasteiger partial charge >= 0.3 is 12.1 Å². The lowest BCUT2D eigenvalue weighted by molar-refractivity contribution is -0.338. The fourth-order valence-corrected chi connectivity index (χ4v) is 7.95. The van der Waals surface area contributed by atoms with Gasteiger partial charge in [0.25, 0.3) is 0 Å². The van der Waals surface area contributed by atoms with Crippen LogP contribution in [0.4, 0.5) is 4.79 Å². The SMILES string of the molecule is COc1cc([C@@H]2c3cc4c(cc3C(O[C@H]3C[C@@H](O)[C@@H]5O[C@H](C)OC[C@H]5O3)C3COC(=O)[C@@H]32)OCO4)cc(OC)c1OC(=O)OCC1COC(C)(C)O1. The van der Waals surface area contributed by atoms with Crippen molar-refractivity contribution in [2.75, 3.05) is 47.4 Å². The van der Waals surface area contributed by atoms with E-state index < -0.39 is 78.8 Å². The summed E-state index contributed by atoms with van der Waals surface area (Å²) in [6.07, 6.45) is -5.20. The number of hydrogen-bond acceptors (Lipinski definition) is 16. The van der Waals surface area contributed by atoms with Gasteiger partial charge in [-0.05, 0) is 61.7 Å². The maximum atomic E-state index is 13.7. The molecule has 5 aliphatic heterocycles. The van der Waals surface area contributed by atoms with E-state index in [1.165, 1.54) is 14.2 Å². The van der Waals surface area contributed by atoms with Crippen molar-refractivity contribution >= 4 is 12.1 Å². The Morgan fingerprint density at radius 2 is 1.69 bits per heavy atom. The van der Waals surface area contributed by atoms with Gasteiger partial charge in [-0.15, -0.1) is 0 Å². The molecule has 2 aromatic carbocycles. The van der Waals surface area contributed by atoms with Crippen molar-refractivity contribution in [3.05, 3.63) is 41.0 Å². The van der Waals surface area contributed by atoms with Gasteiger partial charge in [-0.2, -0.15) is 0 Å². The van der Waals surface area contributed by atoms with Crippen LogP contribution in [0.25, 0.3) is 0 Å². The Balaban J connectivity index is 1.11. The average Bonchev–Trinajstić information content (AvgIpc) is 3.84. The van der Waals surface area contributed by atoms with Gasteiger partial charge in [0.2, 0.25) is 12.5 Å². The fourth-order valence-electron chi connectivity index (χ4n) is 7.95. The monoisotopic (exact) mass is 730 g/mol. The molecular formula is C36H42O16. The van der Waals surface area contributed by atoms with Crippen molar-refractivity contribution in [3.8, 4) is 28.7 Å². The molecule has 0 bridgehead atoms. The number of aliphatic hydroxyl groups excluding tert-OH is 1. The van der Waals surface area contributed by atoms with Gasteiger partial charge in [-0.25, -0.2) is 4.79 Å². The van der Waals surface area contributed by atoms with Crippen LogP contribution in [-0.2, 0) is 42.7 Å². The third-order valence-corrected chi connectivity index (χ3v) is 10.2. The molecule has 8 rings (SSSR count). The summed E-state index contributed by atoms with van der Waals surface area (Å²) in [7, 11) is 2.86. The van der Waals surface area contributed by atoms with Crippen LogP contribution >= 0.6 is 0 Å². The minimum atomic E-state index is -0.991. The molecule has 10 atom stereocenters. The highest BCUT2D eigenvalue weighted by atomic mass is 16.8. The average molecular weight is 731 g/mol. The van der Waals surface area contributed by atoms with Crippen molar-refractivity contribution in [1.29, 1.82) is 0 Å². The van der Waals surface area contributed by atoms with E-state index in [0.29, 0.717) is 17.1 Å². The summed E-state index contributed by atoms with van der Waals surface area (Å²) in [5.74, 6) is -1.60. The van der Waals surface area contributed by atoms with Crippen LogP contribution in [0.15, 0.2) is 24.3 Å². The summed E-state index contributed by atoms with van der Waals surface area (Å²) in [5, 5.41) is 11.0. The highest BCUT2D eigenvalue weighted by molar-refractivity contribution is 5.79. The number of carbonyl (C=O) groups excluding carboxylic acids is 2. The molecule has 6 aliphatic rings. The van der Waals surface area contributed by atoms with Crippen LogP contribution < -0.4 is 23.7 Å². The number of rotatable bonds is 8. The normalized spacial score (nSPS) is 34.1. The minimum absolute atomic E-state index is 0.00692. The van der Waals surface area contributed by atoms with Crippen LogP contribution in [0, 0.1) is 11.8 Å². The second-order valence-electron chi connectivity index (χ2n) is 14.0. The van der Waals surface area contributed by atoms with E-state index in [-0.39, 0.29) is 56.9 Å². The largest absolute Gasteiger partial charge is 0.514 e. The number of ether oxygens (including phenoxy) is 13. The second-order valence-corrected chi connectivity index (χ2v) is 14.0. The van der Waals surface area contributed by atoms with Gasteiger partial charge in [0, 0.05) is 18.3 Å². The maximum Gasteiger partial charge on any atom is 0.514 e. The van der Waals surface area contributed by atoms with Crippen molar-refractivity contribution in [2.24, 2.45) is 11.8 Å². The molecule has 0 aromatic heterocycles. The third kappa shape index (κ3) is 6.50. The van der Waals surface area contributed by atoms with Gasteiger partial charge in [0.1, 0.15) is 24.9 Å². The molecule has 16 nitrogen and oxygen atoms in total. The van der Waals surface area contributed by atoms with Crippen LogP contribution in [0.5, 0.6) is 28.7 Å². The maximum absolute atomic E-state index is 13.7. The Bertz CT molecular complexity index is 1670. The number of carbonyl (C=O) groups is 2. The molecule has 4 saturated heterocycles. The van der Waals surface area contributed by atoms with E-state index in [4.69, 9.17) is 61.6 Å². The molecule has 52 heavy (non-hydrogen) atoms. The smallest absolute Gasteiger partial charge is 0.493 e. The standard InChI is InChI=1S/C36H42O16/c1-16-42-14-27-32(48-16)22(37)10-28(49-27)50-31-20-9-24-23(45-15-46-24)8-19(20)29(30-21(31)13-43-34(30)38)17-6-25(40-4)33(26(7-17)41-5)51-35(39)44-11-18-12-47-36(2,3)52-18/h6-9,16,18,21-22,27-32,37H,10-15H2,1-5H3/t16-,18?,21?,22-,27-,28+,29-,30+,31?,32+/m1/s1. The van der Waals surface area contributed by atoms with Crippen LogP contribution in [-0.4, -0.2) is 107 Å². The van der Waals surface area contributed by atoms with Crippen molar-refractivity contribution in [1.82, 2.24) is 0 Å². The second kappa shape index (κ2) is 13.8. The van der Waals surface area contributed by atoms with Crippen molar-refractivity contribution in [3.63, 3.8) is 0 Å². The Kier molecular flexibility index (Phi) is 9.34. The minimum Gasteiger partial charge on any atom is -0.493 e. The highest BCUT2D eigenvalue weighted by Gasteiger charge is 2.55. The first-order valence-electron chi connectivity index (χ1n) is 17.3. The van der Waals surface area contributed by atoms with E-state index in [0.717, 1.165) is 11.1 Å². The van der Waals surface area contributed by atoms with Crippen LogP contribution in [0.1, 0.15) is 55.9 Å². The lowest BCUT2D eigenvalue weighted by atomic mass is 9.66. The van der Waals surface area contributed by atoms with Gasteiger partial charge in [-0.1, -0.05) is 0 Å². The number of benzene rings is 2. The Morgan fingerprint density at radius 3 is 2.38 bits per heavy atom. The van der Waals surface area contributed by atoms with Crippen LogP contribution in [0.3, 0.4) is 0 Å². The number of aliphatic hydroxyl groups is 1. The number of hydrogen-bond donors (Lipinski definition) is 1. The molecule has 4 fully saturated rings. The van der Waals surface area contributed by atoms with Gasteiger partial charge in [0.15, 0.2) is 41.4 Å². The van der Waals surface area contributed by atoms with Gasteiger partial charge in [0.05, 0.1) is 52.2 Å². The summed E-state index contributed by atoms with van der Waals surface area (Å²) in [6.45, 7) is 5.85. The topological polar surface area (TPSA) is 174 Å². The molecule has 1 aliphatic carbocycles. The Morgan fingerprint density at radius 1 is 0.962 bits per heavy atom. The highest BCUT2D eigenvalue weighted by Crippen LogP contribution is 2.57. The summed E-state index contributed by atoms with van der Waals surface area (Å²) < 4.78 is 75.2. The summed E-state index contributed by atoms with van der Waals surface area (Å²) in [5.41, 5.74) is 2.08. The predicted molar refractivity (Wildman–Crippen MR) is 172 cm³/mol. The Labute approximate surface area is 299 Å². The molecular weight excluding hydrogens is 688 g/mol.